The summed E-state index contributed by atoms with van der Waals surface area (Å²) in [7, 11) is 0. The standard InChI is InChI=1S/C58H49N/c1-7-37-20-22-38(23-21-37)39-24-27-41(28-25-39)59(42-30-33-51-49(35-42)46-16-8-11-17-50(46)57(51,5)6)43-29-32-48-45-15-10-13-19-53(45)58(55(48)36-43)52-18-12-9-14-44(52)47-31-26-40(34-54(47)58)56(2,3)4/h8-36H,7H2,1-6H3/i7D2. The van der Waals surface area contributed by atoms with E-state index >= 15 is 0 Å². The molecule has 286 valence electrons. The van der Waals surface area contributed by atoms with Crippen LogP contribution in [0.1, 0.15) is 88.8 Å². The number of aryl methyl sites for hydroxylation is 1. The summed E-state index contributed by atoms with van der Waals surface area (Å²) in [6.07, 6.45) is -1.39. The summed E-state index contributed by atoms with van der Waals surface area (Å²) < 4.78 is 16.4. The van der Waals surface area contributed by atoms with E-state index in [0.29, 0.717) is 5.56 Å². The van der Waals surface area contributed by atoms with E-state index in [2.05, 4.69) is 191 Å². The van der Waals surface area contributed by atoms with Crippen molar-refractivity contribution in [3.05, 3.63) is 220 Å². The van der Waals surface area contributed by atoms with Crippen molar-refractivity contribution in [2.24, 2.45) is 0 Å². The maximum Gasteiger partial charge on any atom is 0.0726 e. The summed E-state index contributed by atoms with van der Waals surface area (Å²) in [4.78, 5) is 2.44. The molecule has 8 aromatic carbocycles. The van der Waals surface area contributed by atoms with Crippen LogP contribution in [-0.4, -0.2) is 0 Å². The highest BCUT2D eigenvalue weighted by Gasteiger charge is 2.52. The lowest BCUT2D eigenvalue weighted by atomic mass is 9.69. The summed E-state index contributed by atoms with van der Waals surface area (Å²) in [5, 5.41) is 0. The van der Waals surface area contributed by atoms with Crippen LogP contribution in [0.2, 0.25) is 0 Å². The molecule has 11 rings (SSSR count). The largest absolute Gasteiger partial charge is 0.310 e. The van der Waals surface area contributed by atoms with Gasteiger partial charge in [0, 0.05) is 25.2 Å². The third-order valence-electron chi connectivity index (χ3n) is 13.7. The van der Waals surface area contributed by atoms with Crippen LogP contribution in [0.5, 0.6) is 0 Å². The summed E-state index contributed by atoms with van der Waals surface area (Å²) in [5.74, 6) is 0. The SMILES string of the molecule is [2H]C([2H])(C)c1ccc(-c2ccc(N(c3ccc4c(c3)-c3ccccc3C4(C)C)c3ccc4c(c3)C3(c5ccccc5-4)c4ccccc4-c4ccc(C(C)(C)C)cc43)cc2)cc1. The van der Waals surface area contributed by atoms with Gasteiger partial charge in [-0.25, -0.2) is 0 Å². The Labute approximate surface area is 352 Å². The Morgan fingerprint density at radius 1 is 0.441 bits per heavy atom. The van der Waals surface area contributed by atoms with Crippen molar-refractivity contribution in [2.75, 3.05) is 4.90 Å². The first-order valence-electron chi connectivity index (χ1n) is 22.0. The van der Waals surface area contributed by atoms with Crippen LogP contribution in [0.25, 0.3) is 44.5 Å². The molecule has 3 aliphatic carbocycles. The van der Waals surface area contributed by atoms with Gasteiger partial charge < -0.3 is 4.90 Å². The summed E-state index contributed by atoms with van der Waals surface area (Å²) >= 11 is 0. The highest BCUT2D eigenvalue weighted by molar-refractivity contribution is 5.97. The van der Waals surface area contributed by atoms with Crippen molar-refractivity contribution in [3.63, 3.8) is 0 Å². The number of benzene rings is 8. The molecule has 1 unspecified atom stereocenters. The van der Waals surface area contributed by atoms with Gasteiger partial charge in [0.05, 0.1) is 5.41 Å². The van der Waals surface area contributed by atoms with Crippen molar-refractivity contribution in [3.8, 4) is 44.5 Å². The second-order valence-electron chi connectivity index (χ2n) is 18.2. The van der Waals surface area contributed by atoms with Gasteiger partial charge in [0.15, 0.2) is 0 Å². The molecule has 3 aliphatic rings. The van der Waals surface area contributed by atoms with Crippen molar-refractivity contribution in [1.29, 1.82) is 0 Å². The minimum atomic E-state index is -1.39. The van der Waals surface area contributed by atoms with Crippen molar-refractivity contribution in [1.82, 2.24) is 0 Å². The molecule has 0 radical (unpaired) electrons. The number of rotatable bonds is 5. The van der Waals surface area contributed by atoms with Crippen LogP contribution in [0.4, 0.5) is 17.1 Å². The third kappa shape index (κ3) is 5.10. The molecule has 1 spiro atoms. The average Bonchev–Trinajstić information content (AvgIpc) is 3.81. The second-order valence-corrected chi connectivity index (χ2v) is 18.2. The predicted molar refractivity (Wildman–Crippen MR) is 249 cm³/mol. The molecule has 0 aliphatic heterocycles. The van der Waals surface area contributed by atoms with Crippen LogP contribution in [0.3, 0.4) is 0 Å². The topological polar surface area (TPSA) is 3.24 Å². The predicted octanol–water partition coefficient (Wildman–Crippen LogP) is 15.3. The van der Waals surface area contributed by atoms with Gasteiger partial charge in [-0.05, 0) is 137 Å². The quantitative estimate of drug-likeness (QED) is 0.169. The molecular formula is C58H49N. The Bertz CT molecular complexity index is 3060. The van der Waals surface area contributed by atoms with E-state index in [1.54, 1.807) is 6.92 Å². The van der Waals surface area contributed by atoms with E-state index in [9.17, 15) is 0 Å². The zero-order valence-electron chi connectivity index (χ0n) is 36.7. The zero-order valence-corrected chi connectivity index (χ0v) is 34.7. The Balaban J connectivity index is 1.14. The van der Waals surface area contributed by atoms with Gasteiger partial charge in [-0.1, -0.05) is 181 Å². The monoisotopic (exact) mass is 761 g/mol. The zero-order chi connectivity index (χ0) is 42.1. The van der Waals surface area contributed by atoms with Crippen molar-refractivity contribution >= 4 is 17.1 Å². The fraction of sp³-hybridized carbons (Fsp3) is 0.172. The van der Waals surface area contributed by atoms with Crippen LogP contribution in [0, 0.1) is 0 Å². The van der Waals surface area contributed by atoms with Gasteiger partial charge in [-0.2, -0.15) is 0 Å². The van der Waals surface area contributed by atoms with E-state index in [1.165, 1.54) is 72.3 Å². The minimum Gasteiger partial charge on any atom is -0.310 e. The van der Waals surface area contributed by atoms with Gasteiger partial charge in [-0.3, -0.25) is 0 Å². The molecule has 0 amide bonds. The lowest BCUT2D eigenvalue weighted by molar-refractivity contribution is 0.588. The molecule has 0 heterocycles. The van der Waals surface area contributed by atoms with Gasteiger partial charge in [0.1, 0.15) is 0 Å². The van der Waals surface area contributed by atoms with Gasteiger partial charge in [-0.15, -0.1) is 0 Å². The van der Waals surface area contributed by atoms with Gasteiger partial charge in [0.2, 0.25) is 0 Å². The van der Waals surface area contributed by atoms with E-state index in [4.69, 9.17) is 2.74 Å². The smallest absolute Gasteiger partial charge is 0.0726 e. The van der Waals surface area contributed by atoms with Crippen molar-refractivity contribution < 1.29 is 2.74 Å². The van der Waals surface area contributed by atoms with Crippen molar-refractivity contribution in [2.45, 2.75) is 64.2 Å². The Morgan fingerprint density at radius 3 is 1.51 bits per heavy atom. The number of fused-ring (bicyclic) bond motifs is 13. The first kappa shape index (κ1) is 33.5. The van der Waals surface area contributed by atoms with E-state index < -0.39 is 11.8 Å². The number of hydrogen-bond acceptors (Lipinski definition) is 1. The lowest BCUT2D eigenvalue weighted by Gasteiger charge is -2.33. The number of anilines is 3. The molecule has 0 saturated carbocycles. The maximum absolute atomic E-state index is 8.20. The van der Waals surface area contributed by atoms with E-state index in [1.807, 2.05) is 24.3 Å². The lowest BCUT2D eigenvalue weighted by Crippen LogP contribution is -2.27. The summed E-state index contributed by atoms with van der Waals surface area (Å²) in [6, 6.07) is 65.2. The highest BCUT2D eigenvalue weighted by atomic mass is 15.1. The Hall–Kier alpha value is -6.44. The fourth-order valence-electron chi connectivity index (χ4n) is 10.7. The second kappa shape index (κ2) is 12.8. The average molecular weight is 762 g/mol. The van der Waals surface area contributed by atoms with Gasteiger partial charge >= 0.3 is 0 Å². The summed E-state index contributed by atoms with van der Waals surface area (Å²) in [6.45, 7) is 13.2. The van der Waals surface area contributed by atoms with Gasteiger partial charge in [0.25, 0.3) is 0 Å². The molecular weight excluding hydrogens is 711 g/mol. The molecule has 1 atom stereocenters. The Kier molecular flexibility index (Phi) is 7.26. The summed E-state index contributed by atoms with van der Waals surface area (Å²) in [5.41, 5.74) is 22.7. The Morgan fingerprint density at radius 2 is 0.898 bits per heavy atom. The molecule has 1 heteroatoms. The van der Waals surface area contributed by atoms with E-state index in [-0.39, 0.29) is 10.8 Å². The minimum absolute atomic E-state index is 0.0105. The highest BCUT2D eigenvalue weighted by Crippen LogP contribution is 2.64. The molecule has 0 fully saturated rings. The van der Waals surface area contributed by atoms with Crippen LogP contribution in [0.15, 0.2) is 176 Å². The maximum atomic E-state index is 8.20. The molecule has 0 saturated heterocycles. The normalized spacial score (nSPS) is 17.0. The molecule has 0 bridgehead atoms. The molecule has 0 aromatic heterocycles. The molecule has 1 nitrogen and oxygen atoms in total. The van der Waals surface area contributed by atoms with Crippen LogP contribution < -0.4 is 4.90 Å². The molecule has 59 heavy (non-hydrogen) atoms. The van der Waals surface area contributed by atoms with Crippen LogP contribution >= 0.6 is 0 Å². The fourth-order valence-corrected chi connectivity index (χ4v) is 10.7. The molecule has 8 aromatic rings. The van der Waals surface area contributed by atoms with E-state index in [0.717, 1.165) is 28.2 Å². The first-order valence-corrected chi connectivity index (χ1v) is 21.0. The number of hydrogen-bond donors (Lipinski definition) is 0. The number of nitrogens with zero attached hydrogens (tertiary/aromatic N) is 1. The van der Waals surface area contributed by atoms with Crippen LogP contribution in [-0.2, 0) is 22.6 Å². The first-order chi connectivity index (χ1) is 29.3. The molecule has 0 N–H and O–H groups in total. The third-order valence-corrected chi connectivity index (χ3v) is 13.7.